The summed E-state index contributed by atoms with van der Waals surface area (Å²) in [5.41, 5.74) is 0.553. The molecule has 0 unspecified atom stereocenters. The van der Waals surface area contributed by atoms with Gasteiger partial charge in [-0.25, -0.2) is 0 Å². The molecule has 1 aromatic heterocycles. The van der Waals surface area contributed by atoms with Gasteiger partial charge in [-0.2, -0.15) is 9.97 Å². The molecule has 1 amide bonds. The van der Waals surface area contributed by atoms with Crippen molar-refractivity contribution in [3.8, 4) is 0 Å². The Labute approximate surface area is 156 Å². The van der Waals surface area contributed by atoms with Crippen molar-refractivity contribution in [1.29, 1.82) is 0 Å². The number of carbonyl (C=O) groups excluding carboxylic acids is 1. The van der Waals surface area contributed by atoms with Gasteiger partial charge in [-0.1, -0.05) is 29.8 Å². The standard InChI is InChI=1S/C17H20ClN5OS/c1-22-8-10-23(11-9-22)15-13(25-2)14(18)19-17(20-15)21-16(24)12-6-4-3-5-7-12/h3-7H,8-11H2,1-2H3,(H,19,20,21,24). The molecule has 0 bridgehead atoms. The number of piperazine rings is 1. The average molecular weight is 378 g/mol. The van der Waals surface area contributed by atoms with Gasteiger partial charge in [0.1, 0.15) is 11.0 Å². The van der Waals surface area contributed by atoms with Crippen molar-refractivity contribution in [2.45, 2.75) is 4.90 Å². The van der Waals surface area contributed by atoms with Gasteiger partial charge in [0.15, 0.2) is 0 Å². The highest BCUT2D eigenvalue weighted by Gasteiger charge is 2.22. The molecule has 3 rings (SSSR count). The zero-order chi connectivity index (χ0) is 17.8. The van der Waals surface area contributed by atoms with Crippen molar-refractivity contribution < 1.29 is 4.79 Å². The van der Waals surface area contributed by atoms with Crippen LogP contribution >= 0.6 is 23.4 Å². The van der Waals surface area contributed by atoms with E-state index >= 15 is 0 Å². The first kappa shape index (κ1) is 18.0. The van der Waals surface area contributed by atoms with Crippen molar-refractivity contribution in [2.24, 2.45) is 0 Å². The number of hydrogen-bond donors (Lipinski definition) is 1. The van der Waals surface area contributed by atoms with Crippen molar-refractivity contribution in [1.82, 2.24) is 14.9 Å². The van der Waals surface area contributed by atoms with E-state index in [0.717, 1.165) is 36.9 Å². The molecule has 8 heteroatoms. The van der Waals surface area contributed by atoms with E-state index in [0.29, 0.717) is 10.7 Å². The van der Waals surface area contributed by atoms with E-state index in [9.17, 15) is 4.79 Å². The number of rotatable bonds is 4. The Kier molecular flexibility index (Phi) is 5.78. The number of hydrogen-bond acceptors (Lipinski definition) is 6. The molecule has 0 saturated carbocycles. The summed E-state index contributed by atoms with van der Waals surface area (Å²) < 4.78 is 0. The molecule has 25 heavy (non-hydrogen) atoms. The maximum absolute atomic E-state index is 12.4. The zero-order valence-electron chi connectivity index (χ0n) is 14.2. The van der Waals surface area contributed by atoms with E-state index < -0.39 is 0 Å². The summed E-state index contributed by atoms with van der Waals surface area (Å²) in [6.45, 7) is 3.65. The number of benzene rings is 1. The lowest BCUT2D eigenvalue weighted by molar-refractivity contribution is 0.102. The van der Waals surface area contributed by atoms with Crippen LogP contribution in [0.3, 0.4) is 0 Å². The van der Waals surface area contributed by atoms with E-state index in [1.165, 1.54) is 11.8 Å². The Balaban J connectivity index is 1.87. The molecule has 1 N–H and O–H groups in total. The molecule has 1 aliphatic heterocycles. The zero-order valence-corrected chi connectivity index (χ0v) is 15.8. The first-order valence-electron chi connectivity index (χ1n) is 8.00. The van der Waals surface area contributed by atoms with Crippen LogP contribution in [0.1, 0.15) is 10.4 Å². The number of aromatic nitrogens is 2. The lowest BCUT2D eigenvalue weighted by Gasteiger charge is -2.34. The molecule has 1 fully saturated rings. The van der Waals surface area contributed by atoms with Crippen LogP contribution in [-0.2, 0) is 0 Å². The molecule has 0 aliphatic carbocycles. The molecule has 1 aromatic carbocycles. The van der Waals surface area contributed by atoms with Gasteiger partial charge in [0, 0.05) is 31.7 Å². The molecule has 1 saturated heterocycles. The molecule has 0 radical (unpaired) electrons. The van der Waals surface area contributed by atoms with Crippen LogP contribution in [-0.4, -0.2) is 60.3 Å². The monoisotopic (exact) mass is 377 g/mol. The second kappa shape index (κ2) is 8.03. The number of carbonyl (C=O) groups is 1. The van der Waals surface area contributed by atoms with Crippen LogP contribution < -0.4 is 10.2 Å². The predicted molar refractivity (Wildman–Crippen MR) is 103 cm³/mol. The lowest BCUT2D eigenvalue weighted by atomic mass is 10.2. The van der Waals surface area contributed by atoms with E-state index in [4.69, 9.17) is 11.6 Å². The summed E-state index contributed by atoms with van der Waals surface area (Å²) in [5, 5.41) is 3.11. The van der Waals surface area contributed by atoms with E-state index in [1.807, 2.05) is 24.5 Å². The molecule has 0 spiro atoms. The second-order valence-corrected chi connectivity index (χ2v) is 6.98. The van der Waals surface area contributed by atoms with Gasteiger partial charge in [-0.15, -0.1) is 11.8 Å². The minimum Gasteiger partial charge on any atom is -0.353 e. The molecule has 0 atom stereocenters. The number of amides is 1. The first-order valence-corrected chi connectivity index (χ1v) is 9.60. The van der Waals surface area contributed by atoms with Crippen LogP contribution in [0.4, 0.5) is 11.8 Å². The lowest BCUT2D eigenvalue weighted by Crippen LogP contribution is -2.45. The summed E-state index contributed by atoms with van der Waals surface area (Å²) >= 11 is 7.87. The van der Waals surface area contributed by atoms with E-state index in [2.05, 4.69) is 32.1 Å². The summed E-state index contributed by atoms with van der Waals surface area (Å²) in [4.78, 5) is 26.5. The largest absolute Gasteiger partial charge is 0.353 e. The number of anilines is 2. The van der Waals surface area contributed by atoms with Crippen molar-refractivity contribution in [2.75, 3.05) is 49.7 Å². The molecular formula is C17H20ClN5OS. The van der Waals surface area contributed by atoms with Gasteiger partial charge in [0.05, 0.1) is 4.90 Å². The van der Waals surface area contributed by atoms with Crippen LogP contribution in [0, 0.1) is 0 Å². The second-order valence-electron chi connectivity index (χ2n) is 5.81. The molecule has 1 aliphatic rings. The maximum Gasteiger partial charge on any atom is 0.258 e. The van der Waals surface area contributed by atoms with Gasteiger partial charge in [-0.05, 0) is 25.4 Å². The van der Waals surface area contributed by atoms with E-state index in [1.54, 1.807) is 12.1 Å². The summed E-state index contributed by atoms with van der Waals surface area (Å²) in [5.74, 6) is 0.757. The fourth-order valence-electron chi connectivity index (χ4n) is 2.64. The van der Waals surface area contributed by atoms with Crippen LogP contribution in [0.15, 0.2) is 35.2 Å². The summed E-state index contributed by atoms with van der Waals surface area (Å²) in [6, 6.07) is 8.98. The Bertz CT molecular complexity index is 750. The number of halogens is 1. The minimum atomic E-state index is -0.252. The third kappa shape index (κ3) is 4.23. The quantitative estimate of drug-likeness (QED) is 0.653. The Morgan fingerprint density at radius 2 is 1.84 bits per heavy atom. The Morgan fingerprint density at radius 1 is 1.16 bits per heavy atom. The van der Waals surface area contributed by atoms with Gasteiger partial charge in [0.2, 0.25) is 5.95 Å². The molecule has 6 nitrogen and oxygen atoms in total. The number of nitrogens with one attached hydrogen (secondary N) is 1. The summed E-state index contributed by atoms with van der Waals surface area (Å²) in [7, 11) is 2.10. The van der Waals surface area contributed by atoms with Crippen molar-refractivity contribution >= 4 is 41.0 Å². The third-order valence-corrected chi connectivity index (χ3v) is 5.24. The topological polar surface area (TPSA) is 61.4 Å². The number of thioether (sulfide) groups is 1. The highest BCUT2D eigenvalue weighted by molar-refractivity contribution is 7.98. The number of likely N-dealkylation sites (N-methyl/N-ethyl adjacent to an activating group) is 1. The molecule has 132 valence electrons. The van der Waals surface area contributed by atoms with Crippen LogP contribution in [0.2, 0.25) is 5.15 Å². The minimum absolute atomic E-state index is 0.227. The number of nitrogens with zero attached hydrogens (tertiary/aromatic N) is 4. The SMILES string of the molecule is CSc1c(Cl)nc(NC(=O)c2ccccc2)nc1N1CCN(C)CC1. The first-order chi connectivity index (χ1) is 12.1. The van der Waals surface area contributed by atoms with E-state index in [-0.39, 0.29) is 11.9 Å². The van der Waals surface area contributed by atoms with Gasteiger partial charge in [0.25, 0.3) is 5.91 Å². The van der Waals surface area contributed by atoms with Gasteiger partial charge >= 0.3 is 0 Å². The summed E-state index contributed by atoms with van der Waals surface area (Å²) in [6.07, 6.45) is 1.95. The predicted octanol–water partition coefficient (Wildman–Crippen LogP) is 2.86. The molecular weight excluding hydrogens is 358 g/mol. The molecule has 2 aromatic rings. The fourth-order valence-corrected chi connectivity index (χ4v) is 3.61. The third-order valence-electron chi connectivity index (χ3n) is 4.07. The highest BCUT2D eigenvalue weighted by Crippen LogP contribution is 2.34. The maximum atomic E-state index is 12.4. The molecule has 2 heterocycles. The van der Waals surface area contributed by atoms with Crippen molar-refractivity contribution in [3.63, 3.8) is 0 Å². The Hall–Kier alpha value is -1.83. The fraction of sp³-hybridized carbons (Fsp3) is 0.353. The smallest absolute Gasteiger partial charge is 0.258 e. The van der Waals surface area contributed by atoms with Crippen LogP contribution in [0.25, 0.3) is 0 Å². The van der Waals surface area contributed by atoms with Crippen molar-refractivity contribution in [3.05, 3.63) is 41.0 Å². The van der Waals surface area contributed by atoms with Gasteiger partial charge < -0.3 is 9.80 Å². The normalized spacial score (nSPS) is 15.2. The van der Waals surface area contributed by atoms with Crippen LogP contribution in [0.5, 0.6) is 0 Å². The highest BCUT2D eigenvalue weighted by atomic mass is 35.5. The average Bonchev–Trinajstić information content (AvgIpc) is 2.62. The van der Waals surface area contributed by atoms with Gasteiger partial charge in [-0.3, -0.25) is 10.1 Å². The Morgan fingerprint density at radius 3 is 2.48 bits per heavy atom.